The van der Waals surface area contributed by atoms with E-state index in [1.165, 1.54) is 0 Å². The molecule has 0 radical (unpaired) electrons. The summed E-state index contributed by atoms with van der Waals surface area (Å²) in [5, 5.41) is 8.69. The van der Waals surface area contributed by atoms with Crippen molar-refractivity contribution in [2.75, 3.05) is 19.0 Å². The van der Waals surface area contributed by atoms with E-state index < -0.39 is 5.91 Å². The van der Waals surface area contributed by atoms with Crippen molar-refractivity contribution in [3.63, 3.8) is 0 Å². The first-order valence-corrected chi connectivity index (χ1v) is 11.6. The maximum absolute atomic E-state index is 12.6. The Bertz CT molecular complexity index is 1440. The van der Waals surface area contributed by atoms with Crippen LogP contribution in [0.4, 0.5) is 5.69 Å². The summed E-state index contributed by atoms with van der Waals surface area (Å²) in [6, 6.07) is 16.7. The molecule has 0 saturated heterocycles. The fraction of sp³-hybridized carbons (Fsp3) is 0.192. The number of fused-ring (bicyclic) bond motifs is 3. The number of hydrazone groups is 1. The van der Waals surface area contributed by atoms with Crippen molar-refractivity contribution in [3.05, 3.63) is 64.6 Å². The lowest BCUT2D eigenvalue weighted by Crippen LogP contribution is -2.26. The van der Waals surface area contributed by atoms with E-state index in [0.717, 1.165) is 26.4 Å². The van der Waals surface area contributed by atoms with Gasteiger partial charge in [-0.2, -0.15) is 5.10 Å². The molecule has 0 spiro atoms. The van der Waals surface area contributed by atoms with Crippen LogP contribution in [-0.2, 0) is 9.59 Å². The van der Waals surface area contributed by atoms with Crippen molar-refractivity contribution in [2.24, 2.45) is 5.10 Å². The van der Waals surface area contributed by atoms with Gasteiger partial charge in [0.25, 0.3) is 5.91 Å². The van der Waals surface area contributed by atoms with Crippen molar-refractivity contribution in [1.82, 2.24) is 5.43 Å². The second kappa shape index (κ2) is 10.6. The molecule has 4 rings (SSSR count). The van der Waals surface area contributed by atoms with Gasteiger partial charge in [-0.3, -0.25) is 9.59 Å². The number of nitrogens with zero attached hydrogens (tertiary/aromatic N) is 1. The van der Waals surface area contributed by atoms with Gasteiger partial charge in [-0.05, 0) is 49.7 Å². The highest BCUT2D eigenvalue weighted by Crippen LogP contribution is 2.36. The lowest BCUT2D eigenvalue weighted by atomic mass is 10.1. The predicted octanol–water partition coefficient (Wildman–Crippen LogP) is 5.57. The number of hydrogen-bond acceptors (Lipinski definition) is 6. The molecule has 8 nitrogen and oxygen atoms in total. The van der Waals surface area contributed by atoms with E-state index in [-0.39, 0.29) is 18.9 Å². The summed E-state index contributed by atoms with van der Waals surface area (Å²) >= 11 is 3.42. The smallest absolute Gasteiger partial charge is 0.277 e. The number of carbonyl (C=O) groups is 2. The lowest BCUT2D eigenvalue weighted by Gasteiger charge is -2.10. The number of furan rings is 1. The molecule has 4 aromatic rings. The first-order valence-electron chi connectivity index (χ1n) is 10.8. The Morgan fingerprint density at radius 1 is 1.03 bits per heavy atom. The number of halogens is 1. The number of anilines is 1. The van der Waals surface area contributed by atoms with E-state index >= 15 is 0 Å². The number of methoxy groups -OCH3 is 1. The molecule has 0 saturated carbocycles. The molecule has 2 amide bonds. The quantitative estimate of drug-likeness (QED) is 0.226. The minimum Gasteiger partial charge on any atom is -0.495 e. The van der Waals surface area contributed by atoms with Crippen LogP contribution in [0.5, 0.6) is 11.5 Å². The standard InChI is InChI=1S/C26H24BrN3O5/c1-15-10-17(8-9-20(15)27)34-14-26(32)30-29-16(2)11-25(31)28-21-13-23-19(12-24(21)33-3)18-6-4-5-7-22(18)35-23/h4-10,12-13H,11,14H2,1-3H3,(H,28,31)(H,30,32)/b29-16+. The molecule has 1 aromatic heterocycles. The molecular formula is C26H24BrN3O5. The van der Waals surface area contributed by atoms with Crippen LogP contribution in [0.1, 0.15) is 18.9 Å². The van der Waals surface area contributed by atoms with Crippen LogP contribution in [0.25, 0.3) is 21.9 Å². The minimum absolute atomic E-state index is 0.0195. The normalized spacial score (nSPS) is 11.5. The van der Waals surface area contributed by atoms with Crippen LogP contribution in [0.2, 0.25) is 0 Å². The number of hydrogen-bond donors (Lipinski definition) is 2. The number of rotatable bonds is 8. The minimum atomic E-state index is -0.428. The van der Waals surface area contributed by atoms with Crippen LogP contribution in [0, 0.1) is 6.92 Å². The van der Waals surface area contributed by atoms with E-state index in [4.69, 9.17) is 13.9 Å². The van der Waals surface area contributed by atoms with Gasteiger partial charge in [0.15, 0.2) is 6.61 Å². The summed E-state index contributed by atoms with van der Waals surface area (Å²) in [6.45, 7) is 3.39. The summed E-state index contributed by atoms with van der Waals surface area (Å²) in [5.74, 6) is 0.357. The van der Waals surface area contributed by atoms with Gasteiger partial charge in [0.1, 0.15) is 22.7 Å². The summed E-state index contributed by atoms with van der Waals surface area (Å²) in [5.41, 5.74) is 5.71. The molecule has 180 valence electrons. The third kappa shape index (κ3) is 5.81. The number of carbonyl (C=O) groups excluding carboxylic acids is 2. The molecule has 2 N–H and O–H groups in total. The molecular weight excluding hydrogens is 514 g/mol. The summed E-state index contributed by atoms with van der Waals surface area (Å²) in [6.07, 6.45) is -0.0195. The zero-order chi connectivity index (χ0) is 24.9. The monoisotopic (exact) mass is 537 g/mol. The number of para-hydroxylation sites is 1. The molecule has 0 bridgehead atoms. The average Bonchev–Trinajstić information content (AvgIpc) is 3.20. The molecule has 3 aromatic carbocycles. The SMILES string of the molecule is COc1cc2c(cc1NC(=O)C/C(C)=N/NC(=O)COc1ccc(Br)c(C)c1)oc1ccccc12. The molecule has 0 aliphatic heterocycles. The summed E-state index contributed by atoms with van der Waals surface area (Å²) in [4.78, 5) is 24.6. The van der Waals surface area contributed by atoms with Gasteiger partial charge >= 0.3 is 0 Å². The molecule has 35 heavy (non-hydrogen) atoms. The largest absolute Gasteiger partial charge is 0.495 e. The highest BCUT2D eigenvalue weighted by Gasteiger charge is 2.15. The number of nitrogens with one attached hydrogen (secondary N) is 2. The Balaban J connectivity index is 1.35. The summed E-state index contributed by atoms with van der Waals surface area (Å²) in [7, 11) is 1.54. The fourth-order valence-corrected chi connectivity index (χ4v) is 3.78. The van der Waals surface area contributed by atoms with Crippen molar-refractivity contribution < 1.29 is 23.5 Å². The Morgan fingerprint density at radius 2 is 1.83 bits per heavy atom. The number of benzene rings is 3. The van der Waals surface area contributed by atoms with E-state index in [9.17, 15) is 9.59 Å². The van der Waals surface area contributed by atoms with Crippen molar-refractivity contribution in [3.8, 4) is 11.5 Å². The van der Waals surface area contributed by atoms with Crippen molar-refractivity contribution in [1.29, 1.82) is 0 Å². The van der Waals surface area contributed by atoms with Gasteiger partial charge < -0.3 is 19.2 Å². The fourth-order valence-electron chi connectivity index (χ4n) is 3.53. The second-order valence-corrected chi connectivity index (χ2v) is 8.81. The molecule has 0 aliphatic rings. The Labute approximate surface area is 210 Å². The summed E-state index contributed by atoms with van der Waals surface area (Å²) < 4.78 is 17.8. The third-order valence-corrected chi connectivity index (χ3v) is 6.15. The molecule has 9 heteroatoms. The van der Waals surface area contributed by atoms with Crippen molar-refractivity contribution >= 4 is 61.1 Å². The van der Waals surface area contributed by atoms with Gasteiger partial charge in [0.05, 0.1) is 19.2 Å². The van der Waals surface area contributed by atoms with Gasteiger partial charge in [0.2, 0.25) is 5.91 Å². The van der Waals surface area contributed by atoms with Gasteiger partial charge in [-0.1, -0.05) is 34.1 Å². The number of amides is 2. The van der Waals surface area contributed by atoms with E-state index in [2.05, 4.69) is 31.8 Å². The van der Waals surface area contributed by atoms with E-state index in [0.29, 0.717) is 28.5 Å². The molecule has 0 atom stereocenters. The van der Waals surface area contributed by atoms with Crippen LogP contribution in [0.3, 0.4) is 0 Å². The van der Waals surface area contributed by atoms with Crippen LogP contribution in [-0.4, -0.2) is 31.2 Å². The maximum atomic E-state index is 12.6. The Morgan fingerprint density at radius 3 is 2.60 bits per heavy atom. The van der Waals surface area contributed by atoms with E-state index in [1.54, 1.807) is 26.2 Å². The molecule has 0 aliphatic carbocycles. The highest BCUT2D eigenvalue weighted by molar-refractivity contribution is 9.10. The predicted molar refractivity (Wildman–Crippen MR) is 139 cm³/mol. The number of aryl methyl sites for hydroxylation is 1. The first kappa shape index (κ1) is 24.3. The molecule has 0 fully saturated rings. The second-order valence-electron chi connectivity index (χ2n) is 7.95. The third-order valence-electron chi connectivity index (χ3n) is 5.26. The highest BCUT2D eigenvalue weighted by atomic mass is 79.9. The first-order chi connectivity index (χ1) is 16.8. The zero-order valence-corrected chi connectivity index (χ0v) is 21.1. The van der Waals surface area contributed by atoms with Crippen LogP contribution in [0.15, 0.2) is 68.6 Å². The maximum Gasteiger partial charge on any atom is 0.277 e. The van der Waals surface area contributed by atoms with Gasteiger partial charge in [0, 0.05) is 27.0 Å². The van der Waals surface area contributed by atoms with Crippen LogP contribution < -0.4 is 20.2 Å². The van der Waals surface area contributed by atoms with Crippen molar-refractivity contribution in [2.45, 2.75) is 20.3 Å². The number of ether oxygens (including phenoxy) is 2. The van der Waals surface area contributed by atoms with E-state index in [1.807, 2.05) is 49.4 Å². The molecule has 0 unspecified atom stereocenters. The Hall–Kier alpha value is -3.85. The van der Waals surface area contributed by atoms with Crippen LogP contribution >= 0.6 is 15.9 Å². The van der Waals surface area contributed by atoms with Gasteiger partial charge in [-0.15, -0.1) is 0 Å². The topological polar surface area (TPSA) is 102 Å². The van der Waals surface area contributed by atoms with Gasteiger partial charge in [-0.25, -0.2) is 5.43 Å². The lowest BCUT2D eigenvalue weighted by molar-refractivity contribution is -0.123. The Kier molecular flexibility index (Phi) is 7.36. The average molecular weight is 538 g/mol. The molecule has 1 heterocycles. The zero-order valence-electron chi connectivity index (χ0n) is 19.5.